The molecule has 0 aliphatic rings. The van der Waals surface area contributed by atoms with Crippen molar-refractivity contribution in [1.29, 1.82) is 0 Å². The van der Waals surface area contributed by atoms with Gasteiger partial charge in [-0.15, -0.1) is 12.4 Å². The zero-order chi connectivity index (χ0) is 13.2. The lowest BCUT2D eigenvalue weighted by Gasteiger charge is -2.25. The van der Waals surface area contributed by atoms with Gasteiger partial charge in [0.15, 0.2) is 0 Å². The Morgan fingerprint density at radius 2 is 1.94 bits per heavy atom. The Balaban J connectivity index is 0.00000289. The number of nitrogens with two attached hydrogens (primary N) is 1. The molecule has 1 amide bonds. The monoisotopic (exact) mass is 273 g/mol. The van der Waals surface area contributed by atoms with E-state index in [0.717, 1.165) is 0 Å². The standard InChI is InChI=1S/C12H19N3O2.ClH/c1-12(2,3)10(13)11(17)14-8-5-6-9(16)15(4)7-8;/h5-7,10H,13H2,1-4H3,(H,14,17);1H/t10-;/m1./s1. The van der Waals surface area contributed by atoms with Crippen LogP contribution in [0.4, 0.5) is 5.69 Å². The van der Waals surface area contributed by atoms with Crippen LogP contribution in [0.5, 0.6) is 0 Å². The Morgan fingerprint density at radius 3 is 2.39 bits per heavy atom. The van der Waals surface area contributed by atoms with E-state index in [9.17, 15) is 9.59 Å². The van der Waals surface area contributed by atoms with Gasteiger partial charge in [-0.05, 0) is 11.5 Å². The highest BCUT2D eigenvalue weighted by atomic mass is 35.5. The lowest BCUT2D eigenvalue weighted by atomic mass is 9.87. The summed E-state index contributed by atoms with van der Waals surface area (Å²) in [6.45, 7) is 5.70. The van der Waals surface area contributed by atoms with E-state index in [1.807, 2.05) is 20.8 Å². The van der Waals surface area contributed by atoms with Crippen LogP contribution in [0, 0.1) is 5.41 Å². The lowest BCUT2D eigenvalue weighted by Crippen LogP contribution is -2.45. The van der Waals surface area contributed by atoms with Crippen molar-refractivity contribution in [2.75, 3.05) is 5.32 Å². The Hall–Kier alpha value is -1.33. The molecule has 1 heterocycles. The molecule has 1 rings (SSSR count). The summed E-state index contributed by atoms with van der Waals surface area (Å²) in [7, 11) is 1.63. The third-order valence-electron chi connectivity index (χ3n) is 2.57. The van der Waals surface area contributed by atoms with E-state index in [1.165, 1.54) is 10.6 Å². The fourth-order valence-electron chi connectivity index (χ4n) is 1.28. The average molecular weight is 274 g/mol. The van der Waals surface area contributed by atoms with Crippen LogP contribution in [0.25, 0.3) is 0 Å². The van der Waals surface area contributed by atoms with Gasteiger partial charge >= 0.3 is 0 Å². The van der Waals surface area contributed by atoms with Crippen LogP contribution in [-0.2, 0) is 11.8 Å². The minimum absolute atomic E-state index is 0. The molecule has 0 aliphatic carbocycles. The summed E-state index contributed by atoms with van der Waals surface area (Å²) < 4.78 is 1.40. The van der Waals surface area contributed by atoms with Crippen LogP contribution in [0.2, 0.25) is 0 Å². The Morgan fingerprint density at radius 1 is 1.39 bits per heavy atom. The molecular weight excluding hydrogens is 254 g/mol. The molecule has 5 nitrogen and oxygen atoms in total. The number of amides is 1. The number of pyridine rings is 1. The quantitative estimate of drug-likeness (QED) is 0.848. The van der Waals surface area contributed by atoms with Gasteiger partial charge in [0.05, 0.1) is 11.7 Å². The zero-order valence-electron chi connectivity index (χ0n) is 11.1. The first-order chi connectivity index (χ1) is 7.71. The summed E-state index contributed by atoms with van der Waals surface area (Å²) in [5, 5.41) is 2.69. The van der Waals surface area contributed by atoms with Crippen molar-refractivity contribution < 1.29 is 4.79 Å². The maximum Gasteiger partial charge on any atom is 0.250 e. The van der Waals surface area contributed by atoms with E-state index in [2.05, 4.69) is 5.32 Å². The molecule has 0 aliphatic heterocycles. The second-order valence-corrected chi connectivity index (χ2v) is 5.20. The molecule has 0 unspecified atom stereocenters. The number of nitrogens with one attached hydrogen (secondary N) is 1. The van der Waals surface area contributed by atoms with Crippen LogP contribution in [0.15, 0.2) is 23.1 Å². The van der Waals surface area contributed by atoms with E-state index in [0.29, 0.717) is 5.69 Å². The molecule has 0 saturated heterocycles. The van der Waals surface area contributed by atoms with Gasteiger partial charge in [0.2, 0.25) is 11.5 Å². The fraction of sp³-hybridized carbons (Fsp3) is 0.500. The largest absolute Gasteiger partial charge is 0.323 e. The number of hydrogen-bond donors (Lipinski definition) is 2. The van der Waals surface area contributed by atoms with E-state index >= 15 is 0 Å². The molecule has 1 aromatic rings. The van der Waals surface area contributed by atoms with Crippen molar-refractivity contribution in [3.05, 3.63) is 28.7 Å². The Bertz CT molecular complexity index is 477. The summed E-state index contributed by atoms with van der Waals surface area (Å²) in [5.41, 5.74) is 5.97. The predicted molar refractivity (Wildman–Crippen MR) is 75.0 cm³/mol. The van der Waals surface area contributed by atoms with Crippen LogP contribution in [-0.4, -0.2) is 16.5 Å². The highest BCUT2D eigenvalue weighted by Gasteiger charge is 2.27. The van der Waals surface area contributed by atoms with Crippen molar-refractivity contribution in [2.24, 2.45) is 18.2 Å². The van der Waals surface area contributed by atoms with Gasteiger partial charge in [0, 0.05) is 19.3 Å². The number of anilines is 1. The first-order valence-electron chi connectivity index (χ1n) is 5.45. The van der Waals surface area contributed by atoms with Crippen LogP contribution in [0.1, 0.15) is 20.8 Å². The Kier molecular flexibility index (Phi) is 5.57. The van der Waals surface area contributed by atoms with Crippen LogP contribution < -0.4 is 16.6 Å². The maximum atomic E-state index is 11.8. The topological polar surface area (TPSA) is 77.1 Å². The second kappa shape index (κ2) is 6.02. The van der Waals surface area contributed by atoms with Gasteiger partial charge in [-0.25, -0.2) is 0 Å². The summed E-state index contributed by atoms with van der Waals surface area (Å²) in [6.07, 6.45) is 1.57. The van der Waals surface area contributed by atoms with E-state index < -0.39 is 6.04 Å². The molecule has 1 atom stereocenters. The molecule has 0 fully saturated rings. The molecule has 0 radical (unpaired) electrons. The van der Waals surface area contributed by atoms with Crippen molar-refractivity contribution in [1.82, 2.24) is 4.57 Å². The Labute approximate surface area is 113 Å². The van der Waals surface area contributed by atoms with E-state index in [4.69, 9.17) is 5.73 Å². The third-order valence-corrected chi connectivity index (χ3v) is 2.57. The first kappa shape index (κ1) is 16.7. The summed E-state index contributed by atoms with van der Waals surface area (Å²) in [6, 6.07) is 2.37. The normalized spacial score (nSPS) is 12.5. The molecule has 6 heteroatoms. The number of carbonyl (C=O) groups excluding carboxylic acids is 1. The zero-order valence-corrected chi connectivity index (χ0v) is 11.9. The van der Waals surface area contributed by atoms with Gasteiger partial charge < -0.3 is 15.6 Å². The van der Waals surface area contributed by atoms with Gasteiger partial charge in [0.1, 0.15) is 0 Å². The molecule has 0 spiro atoms. The minimum Gasteiger partial charge on any atom is -0.323 e. The average Bonchev–Trinajstić information content (AvgIpc) is 2.21. The molecule has 1 aromatic heterocycles. The van der Waals surface area contributed by atoms with E-state index in [1.54, 1.807) is 19.3 Å². The van der Waals surface area contributed by atoms with Gasteiger partial charge in [0.25, 0.3) is 0 Å². The number of aryl methyl sites for hydroxylation is 1. The van der Waals surface area contributed by atoms with Crippen LogP contribution in [0.3, 0.4) is 0 Å². The van der Waals surface area contributed by atoms with Crippen molar-refractivity contribution in [3.63, 3.8) is 0 Å². The predicted octanol–water partition coefficient (Wildman–Crippen LogP) is 1.12. The minimum atomic E-state index is -0.597. The molecule has 102 valence electrons. The highest BCUT2D eigenvalue weighted by Crippen LogP contribution is 2.18. The van der Waals surface area contributed by atoms with E-state index in [-0.39, 0.29) is 29.3 Å². The lowest BCUT2D eigenvalue weighted by molar-refractivity contribution is -0.119. The molecule has 0 saturated carbocycles. The number of halogens is 1. The highest BCUT2D eigenvalue weighted by molar-refractivity contribution is 5.95. The van der Waals surface area contributed by atoms with Gasteiger partial charge in [-0.1, -0.05) is 20.8 Å². The molecule has 18 heavy (non-hydrogen) atoms. The third kappa shape index (κ3) is 4.16. The van der Waals surface area contributed by atoms with Crippen molar-refractivity contribution in [3.8, 4) is 0 Å². The molecular formula is C12H20ClN3O2. The summed E-state index contributed by atoms with van der Waals surface area (Å²) in [5.74, 6) is -0.254. The van der Waals surface area contributed by atoms with Gasteiger partial charge in [-0.2, -0.15) is 0 Å². The first-order valence-corrected chi connectivity index (χ1v) is 5.45. The van der Waals surface area contributed by atoms with Crippen LogP contribution >= 0.6 is 12.4 Å². The van der Waals surface area contributed by atoms with Crippen molar-refractivity contribution >= 4 is 24.0 Å². The number of rotatable bonds is 2. The van der Waals surface area contributed by atoms with Gasteiger partial charge in [-0.3, -0.25) is 9.59 Å². The molecule has 3 N–H and O–H groups in total. The molecule has 0 bridgehead atoms. The number of nitrogens with zero attached hydrogens (tertiary/aromatic N) is 1. The SMILES string of the molecule is Cl.Cn1cc(NC(=O)[C@@H](N)C(C)(C)C)ccc1=O. The second-order valence-electron chi connectivity index (χ2n) is 5.20. The van der Waals surface area contributed by atoms with Crippen molar-refractivity contribution in [2.45, 2.75) is 26.8 Å². The molecule has 0 aromatic carbocycles. The number of carbonyl (C=O) groups is 1. The summed E-state index contributed by atoms with van der Waals surface area (Å²) >= 11 is 0. The number of aromatic nitrogens is 1. The fourth-order valence-corrected chi connectivity index (χ4v) is 1.28. The smallest absolute Gasteiger partial charge is 0.250 e. The summed E-state index contributed by atoms with van der Waals surface area (Å²) in [4.78, 5) is 23.0. The maximum absolute atomic E-state index is 11.8. The number of hydrogen-bond acceptors (Lipinski definition) is 3.